The molecule has 7 heteroatoms. The van der Waals surface area contributed by atoms with Crippen LogP contribution in [0.4, 0.5) is 0 Å². The molecule has 4 nitrogen and oxygen atoms in total. The summed E-state index contributed by atoms with van der Waals surface area (Å²) in [5, 5.41) is 1.89. The van der Waals surface area contributed by atoms with Crippen molar-refractivity contribution < 1.29 is 9.21 Å². The molecule has 0 saturated carbocycles. The molecule has 30 heavy (non-hydrogen) atoms. The molecule has 1 amide bonds. The van der Waals surface area contributed by atoms with E-state index in [1.54, 1.807) is 29.4 Å². The summed E-state index contributed by atoms with van der Waals surface area (Å²) in [5.74, 6) is 0.502. The van der Waals surface area contributed by atoms with Gasteiger partial charge in [-0.05, 0) is 42.3 Å². The van der Waals surface area contributed by atoms with Gasteiger partial charge in [-0.2, -0.15) is 0 Å². The molecule has 0 saturated heterocycles. The number of nitrogens with zero attached hydrogens (tertiary/aromatic N) is 2. The second kappa shape index (κ2) is 9.04. The zero-order valence-electron chi connectivity index (χ0n) is 16.1. The van der Waals surface area contributed by atoms with Crippen LogP contribution in [0.5, 0.6) is 0 Å². The molecule has 0 N–H and O–H groups in total. The molecule has 4 rings (SSSR count). The smallest absolute Gasteiger partial charge is 0.274 e. The molecular formula is C23H18Cl2N2O2S. The van der Waals surface area contributed by atoms with Gasteiger partial charge in [-0.3, -0.25) is 4.79 Å². The van der Waals surface area contributed by atoms with Crippen molar-refractivity contribution >= 4 is 40.4 Å². The van der Waals surface area contributed by atoms with Crippen molar-refractivity contribution in [3.63, 3.8) is 0 Å². The van der Waals surface area contributed by atoms with Gasteiger partial charge < -0.3 is 9.32 Å². The van der Waals surface area contributed by atoms with Crippen LogP contribution in [0.1, 0.15) is 26.8 Å². The van der Waals surface area contributed by atoms with Gasteiger partial charge in [0.2, 0.25) is 0 Å². The van der Waals surface area contributed by atoms with E-state index >= 15 is 0 Å². The first-order chi connectivity index (χ1) is 14.5. The number of carbonyl (C=O) groups excluding carboxylic acids is 1. The van der Waals surface area contributed by atoms with E-state index in [0.29, 0.717) is 34.6 Å². The van der Waals surface area contributed by atoms with E-state index in [2.05, 4.69) is 4.98 Å². The Morgan fingerprint density at radius 1 is 1.07 bits per heavy atom. The van der Waals surface area contributed by atoms with Gasteiger partial charge in [0.15, 0.2) is 0 Å². The lowest BCUT2D eigenvalue weighted by Crippen LogP contribution is -2.30. The number of thiazole rings is 1. The zero-order valence-corrected chi connectivity index (χ0v) is 18.5. The molecule has 2 aromatic heterocycles. The van der Waals surface area contributed by atoms with E-state index in [0.717, 1.165) is 21.0 Å². The summed E-state index contributed by atoms with van der Waals surface area (Å²) in [6.45, 7) is 2.51. The maximum atomic E-state index is 13.6. The number of hydrogen-bond donors (Lipinski definition) is 0. The molecule has 0 bridgehead atoms. The van der Waals surface area contributed by atoms with Gasteiger partial charge in [-0.1, -0.05) is 59.6 Å². The Balaban J connectivity index is 1.71. The second-order valence-electron chi connectivity index (χ2n) is 6.75. The minimum atomic E-state index is -0.180. The zero-order chi connectivity index (χ0) is 21.1. The van der Waals surface area contributed by atoms with Crippen LogP contribution in [0.3, 0.4) is 0 Å². The summed E-state index contributed by atoms with van der Waals surface area (Å²) in [5.41, 5.74) is 2.20. The Labute approximate surface area is 188 Å². The third-order valence-electron chi connectivity index (χ3n) is 4.56. The highest BCUT2D eigenvalue weighted by molar-refractivity contribution is 7.15. The van der Waals surface area contributed by atoms with E-state index in [9.17, 15) is 4.79 Å². The Morgan fingerprint density at radius 3 is 2.57 bits per heavy atom. The van der Waals surface area contributed by atoms with Crippen molar-refractivity contribution in [2.24, 2.45) is 0 Å². The largest absolute Gasteiger partial charge is 0.467 e. The monoisotopic (exact) mass is 456 g/mol. The molecule has 152 valence electrons. The van der Waals surface area contributed by atoms with E-state index < -0.39 is 0 Å². The maximum absolute atomic E-state index is 13.6. The second-order valence-corrected chi connectivity index (χ2v) is 8.80. The summed E-state index contributed by atoms with van der Waals surface area (Å²) in [7, 11) is 0. The first-order valence-electron chi connectivity index (χ1n) is 9.29. The summed E-state index contributed by atoms with van der Waals surface area (Å²) >= 11 is 13.9. The SMILES string of the molecule is Cc1nc(C(=O)N(Cc2ccco2)Cc2ccc(Cl)cc2Cl)c(-c2ccccc2)s1. The minimum absolute atomic E-state index is 0.180. The van der Waals surface area contributed by atoms with Crippen LogP contribution >= 0.6 is 34.5 Å². The maximum Gasteiger partial charge on any atom is 0.274 e. The van der Waals surface area contributed by atoms with E-state index in [1.807, 2.05) is 49.4 Å². The van der Waals surface area contributed by atoms with Gasteiger partial charge in [-0.15, -0.1) is 11.3 Å². The van der Waals surface area contributed by atoms with Gasteiger partial charge in [0.25, 0.3) is 5.91 Å². The molecule has 0 spiro atoms. The van der Waals surface area contributed by atoms with E-state index in [4.69, 9.17) is 27.6 Å². The summed E-state index contributed by atoms with van der Waals surface area (Å²) in [6.07, 6.45) is 1.59. The first kappa shape index (κ1) is 20.7. The third-order valence-corrected chi connectivity index (χ3v) is 6.17. The standard InChI is InChI=1S/C23H18Cl2N2O2S/c1-15-26-21(22(30-15)16-6-3-2-4-7-16)23(28)27(14-19-8-5-11-29-19)13-17-9-10-18(24)12-20(17)25/h2-12H,13-14H2,1H3. The van der Waals surface area contributed by atoms with Crippen LogP contribution in [-0.2, 0) is 13.1 Å². The number of aromatic nitrogens is 1. The van der Waals surface area contributed by atoms with Crippen molar-refractivity contribution in [2.45, 2.75) is 20.0 Å². The Kier molecular flexibility index (Phi) is 6.23. The number of rotatable bonds is 6. The summed E-state index contributed by atoms with van der Waals surface area (Å²) in [6, 6.07) is 18.7. The highest BCUT2D eigenvalue weighted by atomic mass is 35.5. The number of halogens is 2. The third kappa shape index (κ3) is 4.59. The lowest BCUT2D eigenvalue weighted by Gasteiger charge is -2.22. The predicted octanol–water partition coefficient (Wildman–Crippen LogP) is 6.86. The number of hydrogen-bond acceptors (Lipinski definition) is 4. The van der Waals surface area contributed by atoms with Crippen molar-refractivity contribution in [1.82, 2.24) is 9.88 Å². The lowest BCUT2D eigenvalue weighted by molar-refractivity contribution is 0.0713. The molecule has 0 aliphatic heterocycles. The summed E-state index contributed by atoms with van der Waals surface area (Å²) in [4.78, 5) is 20.7. The average molecular weight is 457 g/mol. The van der Waals surface area contributed by atoms with Gasteiger partial charge in [0.05, 0.1) is 22.7 Å². The van der Waals surface area contributed by atoms with E-state index in [-0.39, 0.29) is 5.91 Å². The van der Waals surface area contributed by atoms with Crippen LogP contribution < -0.4 is 0 Å². The fraction of sp³-hybridized carbons (Fsp3) is 0.130. The quantitative estimate of drug-likeness (QED) is 0.318. The molecular weight excluding hydrogens is 439 g/mol. The van der Waals surface area contributed by atoms with Crippen molar-refractivity contribution in [3.05, 3.63) is 99.0 Å². The summed E-state index contributed by atoms with van der Waals surface area (Å²) < 4.78 is 5.49. The highest BCUT2D eigenvalue weighted by Gasteiger charge is 2.25. The molecule has 0 fully saturated rings. The first-order valence-corrected chi connectivity index (χ1v) is 10.9. The van der Waals surface area contributed by atoms with Gasteiger partial charge in [0.1, 0.15) is 11.5 Å². The predicted molar refractivity (Wildman–Crippen MR) is 121 cm³/mol. The van der Waals surface area contributed by atoms with Crippen LogP contribution in [-0.4, -0.2) is 15.8 Å². The molecule has 0 radical (unpaired) electrons. The van der Waals surface area contributed by atoms with Gasteiger partial charge >= 0.3 is 0 Å². The van der Waals surface area contributed by atoms with Crippen LogP contribution in [0.2, 0.25) is 10.0 Å². The molecule has 2 heterocycles. The molecule has 4 aromatic rings. The van der Waals surface area contributed by atoms with Crippen molar-refractivity contribution in [1.29, 1.82) is 0 Å². The van der Waals surface area contributed by atoms with Crippen molar-refractivity contribution in [2.75, 3.05) is 0 Å². The topological polar surface area (TPSA) is 46.3 Å². The van der Waals surface area contributed by atoms with Crippen LogP contribution in [0.25, 0.3) is 10.4 Å². The fourth-order valence-corrected chi connectivity index (χ4v) is 4.54. The number of amides is 1. The molecule has 0 unspecified atom stereocenters. The minimum Gasteiger partial charge on any atom is -0.467 e. The molecule has 0 aliphatic carbocycles. The van der Waals surface area contributed by atoms with Crippen molar-refractivity contribution in [3.8, 4) is 10.4 Å². The normalized spacial score (nSPS) is 10.9. The molecule has 0 atom stereocenters. The number of aryl methyl sites for hydroxylation is 1. The number of furan rings is 1. The molecule has 2 aromatic carbocycles. The Hall–Kier alpha value is -2.60. The Bertz CT molecular complexity index is 1160. The molecule has 0 aliphatic rings. The average Bonchev–Trinajstić information content (AvgIpc) is 3.39. The highest BCUT2D eigenvalue weighted by Crippen LogP contribution is 2.32. The fourth-order valence-electron chi connectivity index (χ4n) is 3.15. The Morgan fingerprint density at radius 2 is 1.87 bits per heavy atom. The van der Waals surface area contributed by atoms with Gasteiger partial charge in [0, 0.05) is 16.6 Å². The van der Waals surface area contributed by atoms with Crippen LogP contribution in [0, 0.1) is 6.92 Å². The number of carbonyl (C=O) groups is 1. The van der Waals surface area contributed by atoms with E-state index in [1.165, 1.54) is 11.3 Å². The lowest BCUT2D eigenvalue weighted by atomic mass is 10.1. The number of benzene rings is 2. The van der Waals surface area contributed by atoms with Gasteiger partial charge in [-0.25, -0.2) is 4.98 Å². The van der Waals surface area contributed by atoms with Crippen LogP contribution in [0.15, 0.2) is 71.3 Å².